The van der Waals surface area contributed by atoms with Gasteiger partial charge in [0.2, 0.25) is 0 Å². The lowest BCUT2D eigenvalue weighted by molar-refractivity contribution is -0.137. The fourth-order valence-electron chi connectivity index (χ4n) is 2.32. The first-order valence-electron chi connectivity index (χ1n) is 6.87. The molecule has 1 unspecified atom stereocenters. The summed E-state index contributed by atoms with van der Waals surface area (Å²) < 4.78 is 37.7. The first-order valence-corrected chi connectivity index (χ1v) is 6.87. The molecule has 0 saturated heterocycles. The van der Waals surface area contributed by atoms with E-state index in [-0.39, 0.29) is 0 Å². The summed E-state index contributed by atoms with van der Waals surface area (Å²) in [6, 6.07) is 12.0. The van der Waals surface area contributed by atoms with Gasteiger partial charge in [0.25, 0.3) is 0 Å². The number of aliphatic hydroxyl groups excluding tert-OH is 1. The monoisotopic (exact) mass is 309 g/mol. The zero-order valence-corrected chi connectivity index (χ0v) is 12.4. The van der Waals surface area contributed by atoms with Crippen LogP contribution in [0.1, 0.15) is 28.4 Å². The van der Waals surface area contributed by atoms with Gasteiger partial charge in [0.1, 0.15) is 6.10 Å². The Kier molecular flexibility index (Phi) is 4.88. The quantitative estimate of drug-likeness (QED) is 0.927. The molecule has 0 aromatic heterocycles. The Bertz CT molecular complexity index is 621. The van der Waals surface area contributed by atoms with Gasteiger partial charge in [-0.2, -0.15) is 13.2 Å². The molecule has 0 bridgehead atoms. The summed E-state index contributed by atoms with van der Waals surface area (Å²) in [5.74, 6) is 0. The molecule has 0 aliphatic heterocycles. The van der Waals surface area contributed by atoms with Crippen LogP contribution in [0, 0.1) is 0 Å². The van der Waals surface area contributed by atoms with Crippen molar-refractivity contribution in [3.63, 3.8) is 0 Å². The predicted octanol–water partition coefficient (Wildman–Crippen LogP) is 3.85. The van der Waals surface area contributed by atoms with Crippen LogP contribution in [0.4, 0.5) is 13.2 Å². The molecule has 0 spiro atoms. The summed E-state index contributed by atoms with van der Waals surface area (Å²) in [6.45, 7) is 0.647. The SMILES string of the molecule is CN(C)Cc1ccccc1C(O)c1ccc(C(F)(F)F)cc1. The molecule has 0 radical (unpaired) electrons. The molecule has 0 aliphatic carbocycles. The second-order valence-corrected chi connectivity index (χ2v) is 5.46. The highest BCUT2D eigenvalue weighted by Gasteiger charge is 2.30. The van der Waals surface area contributed by atoms with E-state index >= 15 is 0 Å². The van der Waals surface area contributed by atoms with E-state index in [0.717, 1.165) is 17.7 Å². The van der Waals surface area contributed by atoms with Crippen molar-refractivity contribution < 1.29 is 18.3 Å². The number of benzene rings is 2. The Labute approximate surface area is 127 Å². The van der Waals surface area contributed by atoms with E-state index in [4.69, 9.17) is 0 Å². The summed E-state index contributed by atoms with van der Waals surface area (Å²) in [6.07, 6.45) is -5.31. The van der Waals surface area contributed by atoms with Crippen molar-refractivity contribution in [1.29, 1.82) is 0 Å². The van der Waals surface area contributed by atoms with E-state index in [0.29, 0.717) is 17.7 Å². The molecule has 0 amide bonds. The number of hydrogen-bond donors (Lipinski definition) is 1. The fourth-order valence-corrected chi connectivity index (χ4v) is 2.32. The number of hydrogen-bond acceptors (Lipinski definition) is 2. The molecule has 1 N–H and O–H groups in total. The summed E-state index contributed by atoms with van der Waals surface area (Å²) in [7, 11) is 3.84. The van der Waals surface area contributed by atoms with Gasteiger partial charge in [-0.25, -0.2) is 0 Å². The summed E-state index contributed by atoms with van der Waals surface area (Å²) >= 11 is 0. The van der Waals surface area contributed by atoms with Crippen molar-refractivity contribution in [1.82, 2.24) is 4.90 Å². The highest BCUT2D eigenvalue weighted by Crippen LogP contribution is 2.31. The molecule has 5 heteroatoms. The van der Waals surface area contributed by atoms with Crippen LogP contribution in [0.3, 0.4) is 0 Å². The Morgan fingerprint density at radius 2 is 1.59 bits per heavy atom. The van der Waals surface area contributed by atoms with Gasteiger partial charge in [0, 0.05) is 6.54 Å². The fraction of sp³-hybridized carbons (Fsp3) is 0.294. The minimum Gasteiger partial charge on any atom is -0.384 e. The third-order valence-corrected chi connectivity index (χ3v) is 3.39. The van der Waals surface area contributed by atoms with Gasteiger partial charge in [-0.15, -0.1) is 0 Å². The number of halogens is 3. The zero-order chi connectivity index (χ0) is 16.3. The summed E-state index contributed by atoms with van der Waals surface area (Å²) in [5, 5.41) is 10.5. The van der Waals surface area contributed by atoms with E-state index in [1.165, 1.54) is 12.1 Å². The van der Waals surface area contributed by atoms with Gasteiger partial charge in [-0.1, -0.05) is 36.4 Å². The smallest absolute Gasteiger partial charge is 0.384 e. The maximum absolute atomic E-state index is 12.6. The van der Waals surface area contributed by atoms with Crippen molar-refractivity contribution in [3.05, 3.63) is 70.8 Å². The Balaban J connectivity index is 2.30. The van der Waals surface area contributed by atoms with Crippen LogP contribution < -0.4 is 0 Å². The molecule has 22 heavy (non-hydrogen) atoms. The predicted molar refractivity (Wildman–Crippen MR) is 79.3 cm³/mol. The molecule has 118 valence electrons. The van der Waals surface area contributed by atoms with Gasteiger partial charge >= 0.3 is 6.18 Å². The third-order valence-electron chi connectivity index (χ3n) is 3.39. The van der Waals surface area contributed by atoms with Gasteiger partial charge < -0.3 is 10.0 Å². The number of nitrogens with zero attached hydrogens (tertiary/aromatic N) is 1. The zero-order valence-electron chi connectivity index (χ0n) is 12.4. The standard InChI is InChI=1S/C17H18F3NO/c1-21(2)11-13-5-3-4-6-15(13)16(22)12-7-9-14(10-8-12)17(18,19)20/h3-10,16,22H,11H2,1-2H3. The minimum absolute atomic E-state index is 0.444. The molecule has 2 nitrogen and oxygen atoms in total. The molecule has 2 aromatic carbocycles. The van der Waals surface area contributed by atoms with Crippen LogP contribution in [0.5, 0.6) is 0 Å². The normalized spacial score (nSPS) is 13.4. The Hall–Kier alpha value is -1.85. The maximum Gasteiger partial charge on any atom is 0.416 e. The number of aliphatic hydroxyl groups is 1. The highest BCUT2D eigenvalue weighted by molar-refractivity contribution is 5.37. The van der Waals surface area contributed by atoms with Crippen molar-refractivity contribution >= 4 is 0 Å². The lowest BCUT2D eigenvalue weighted by Crippen LogP contribution is -2.14. The first kappa shape index (κ1) is 16.5. The summed E-state index contributed by atoms with van der Waals surface area (Å²) in [4.78, 5) is 1.97. The second kappa shape index (κ2) is 6.50. The molecule has 1 atom stereocenters. The lowest BCUT2D eigenvalue weighted by atomic mass is 9.96. The van der Waals surface area contributed by atoms with E-state index in [1.807, 2.05) is 37.2 Å². The van der Waals surface area contributed by atoms with Crippen molar-refractivity contribution in [2.24, 2.45) is 0 Å². The molecule has 2 rings (SSSR count). The Morgan fingerprint density at radius 3 is 2.14 bits per heavy atom. The molecule has 0 fully saturated rings. The molecular formula is C17H18F3NO. The van der Waals surface area contributed by atoms with Crippen LogP contribution in [-0.4, -0.2) is 24.1 Å². The number of rotatable bonds is 4. The van der Waals surface area contributed by atoms with Crippen LogP contribution in [0.15, 0.2) is 48.5 Å². The van der Waals surface area contributed by atoms with Gasteiger partial charge in [0.15, 0.2) is 0 Å². The average molecular weight is 309 g/mol. The number of alkyl halides is 3. The molecule has 0 aliphatic rings. The molecule has 0 heterocycles. The second-order valence-electron chi connectivity index (χ2n) is 5.46. The Morgan fingerprint density at radius 1 is 1.00 bits per heavy atom. The minimum atomic E-state index is -4.37. The van der Waals surface area contributed by atoms with E-state index < -0.39 is 17.8 Å². The van der Waals surface area contributed by atoms with Crippen LogP contribution in [0.25, 0.3) is 0 Å². The molecule has 2 aromatic rings. The topological polar surface area (TPSA) is 23.5 Å². The van der Waals surface area contributed by atoms with E-state index in [2.05, 4.69) is 0 Å². The first-order chi connectivity index (χ1) is 10.3. The van der Waals surface area contributed by atoms with Crippen molar-refractivity contribution in [2.75, 3.05) is 14.1 Å². The lowest BCUT2D eigenvalue weighted by Gasteiger charge is -2.19. The van der Waals surface area contributed by atoms with Crippen LogP contribution in [0.2, 0.25) is 0 Å². The van der Waals surface area contributed by atoms with Crippen LogP contribution in [-0.2, 0) is 12.7 Å². The third kappa shape index (κ3) is 3.87. The summed E-state index contributed by atoms with van der Waals surface area (Å²) in [5.41, 5.74) is 1.38. The van der Waals surface area contributed by atoms with Crippen molar-refractivity contribution in [3.8, 4) is 0 Å². The van der Waals surface area contributed by atoms with Gasteiger partial charge in [-0.3, -0.25) is 0 Å². The largest absolute Gasteiger partial charge is 0.416 e. The molecule has 0 saturated carbocycles. The average Bonchev–Trinajstić information content (AvgIpc) is 2.46. The van der Waals surface area contributed by atoms with Crippen LogP contribution >= 0.6 is 0 Å². The molecular weight excluding hydrogens is 291 g/mol. The van der Waals surface area contributed by atoms with E-state index in [1.54, 1.807) is 6.07 Å². The van der Waals surface area contributed by atoms with Gasteiger partial charge in [0.05, 0.1) is 5.56 Å². The maximum atomic E-state index is 12.6. The highest BCUT2D eigenvalue weighted by atomic mass is 19.4. The van der Waals surface area contributed by atoms with Crippen molar-refractivity contribution in [2.45, 2.75) is 18.8 Å². The van der Waals surface area contributed by atoms with Gasteiger partial charge in [-0.05, 0) is 42.9 Å². The van der Waals surface area contributed by atoms with E-state index in [9.17, 15) is 18.3 Å².